The Bertz CT molecular complexity index is 1230. The molecule has 1 amide bonds. The Hall–Kier alpha value is -2.45. The Kier molecular flexibility index (Phi) is 8.26. The minimum Gasteiger partial charge on any atom is -0.487 e. The van der Waals surface area contributed by atoms with E-state index in [4.69, 9.17) is 4.74 Å². The molecule has 4 nitrogen and oxygen atoms in total. The molecule has 3 aromatic rings. The average Bonchev–Trinajstić information content (AvgIpc) is 2.73. The first-order valence-electron chi connectivity index (χ1n) is 9.63. The van der Waals surface area contributed by atoms with Gasteiger partial charge in [-0.2, -0.15) is 5.26 Å². The molecule has 0 spiro atoms. The van der Waals surface area contributed by atoms with E-state index in [9.17, 15) is 14.4 Å². The molecule has 0 fully saturated rings. The van der Waals surface area contributed by atoms with E-state index in [-0.39, 0.29) is 18.0 Å². The molecule has 0 bridgehead atoms. The predicted octanol–water partition coefficient (Wildman–Crippen LogP) is 6.78. The topological polar surface area (TPSA) is 62.1 Å². The molecular formula is C25H19FI2N2O2. The molecule has 3 rings (SSSR count). The third-order valence-electron chi connectivity index (χ3n) is 4.60. The second-order valence-electron chi connectivity index (χ2n) is 7.17. The number of amides is 1. The third kappa shape index (κ3) is 6.29. The number of hydrogen-bond donors (Lipinski definition) is 1. The number of carbonyl (C=O) groups is 1. The van der Waals surface area contributed by atoms with Crippen molar-refractivity contribution in [1.82, 2.24) is 0 Å². The van der Waals surface area contributed by atoms with Crippen LogP contribution in [0.25, 0.3) is 6.08 Å². The van der Waals surface area contributed by atoms with Gasteiger partial charge in [0.1, 0.15) is 29.8 Å². The molecule has 0 radical (unpaired) electrons. The van der Waals surface area contributed by atoms with Gasteiger partial charge in [-0.3, -0.25) is 4.79 Å². The van der Waals surface area contributed by atoms with Gasteiger partial charge in [-0.25, -0.2) is 4.39 Å². The maximum absolute atomic E-state index is 13.4. The van der Waals surface area contributed by atoms with Gasteiger partial charge < -0.3 is 10.1 Å². The van der Waals surface area contributed by atoms with Crippen LogP contribution in [0, 0.1) is 38.1 Å². The van der Waals surface area contributed by atoms with Crippen LogP contribution in [0.1, 0.15) is 22.3 Å². The summed E-state index contributed by atoms with van der Waals surface area (Å²) in [5.74, 6) is -0.0964. The van der Waals surface area contributed by atoms with Gasteiger partial charge in [0.25, 0.3) is 5.91 Å². The third-order valence-corrected chi connectivity index (χ3v) is 6.20. The van der Waals surface area contributed by atoms with E-state index in [2.05, 4.69) is 50.5 Å². The van der Waals surface area contributed by atoms with E-state index in [0.29, 0.717) is 17.0 Å². The van der Waals surface area contributed by atoms with E-state index in [1.54, 1.807) is 18.2 Å². The molecule has 0 aromatic heterocycles. The zero-order valence-electron chi connectivity index (χ0n) is 17.4. The van der Waals surface area contributed by atoms with Gasteiger partial charge in [0.15, 0.2) is 0 Å². The van der Waals surface area contributed by atoms with Crippen molar-refractivity contribution in [2.24, 2.45) is 0 Å². The van der Waals surface area contributed by atoms with E-state index >= 15 is 0 Å². The Balaban J connectivity index is 1.78. The van der Waals surface area contributed by atoms with Gasteiger partial charge in [0, 0.05) is 5.69 Å². The van der Waals surface area contributed by atoms with Crippen LogP contribution in [0.5, 0.6) is 5.75 Å². The Labute approximate surface area is 213 Å². The van der Waals surface area contributed by atoms with Crippen molar-refractivity contribution in [1.29, 1.82) is 5.26 Å². The van der Waals surface area contributed by atoms with Crippen molar-refractivity contribution in [2.75, 3.05) is 5.32 Å². The van der Waals surface area contributed by atoms with Gasteiger partial charge in [-0.15, -0.1) is 0 Å². The molecule has 3 aromatic carbocycles. The largest absolute Gasteiger partial charge is 0.487 e. The smallest absolute Gasteiger partial charge is 0.266 e. The Morgan fingerprint density at radius 3 is 2.47 bits per heavy atom. The lowest BCUT2D eigenvalue weighted by Gasteiger charge is -2.12. The number of nitrogens with zero attached hydrogens (tertiary/aromatic N) is 1. The maximum atomic E-state index is 13.4. The standard InChI is InChI=1S/C25H19FI2N2O2/c1-15-6-7-23(16(2)8-15)30-25(31)19(13-29)9-18-11-21(27)24(22(28)12-18)32-14-17-4-3-5-20(26)10-17/h3-12H,14H2,1-2H3,(H,30,31)/b19-9+. The van der Waals surface area contributed by atoms with Gasteiger partial charge in [-0.1, -0.05) is 29.8 Å². The number of benzene rings is 3. The van der Waals surface area contributed by atoms with E-state index < -0.39 is 5.91 Å². The molecule has 0 aliphatic heterocycles. The minimum absolute atomic E-state index is 0.00463. The summed E-state index contributed by atoms with van der Waals surface area (Å²) in [5.41, 5.74) is 4.15. The van der Waals surface area contributed by atoms with Crippen LogP contribution in [0.3, 0.4) is 0 Å². The fourth-order valence-electron chi connectivity index (χ4n) is 3.04. The number of anilines is 1. The van der Waals surface area contributed by atoms with Crippen LogP contribution in [-0.4, -0.2) is 5.91 Å². The zero-order valence-corrected chi connectivity index (χ0v) is 21.7. The summed E-state index contributed by atoms with van der Waals surface area (Å²) in [6.07, 6.45) is 1.56. The van der Waals surface area contributed by atoms with Crippen LogP contribution in [-0.2, 0) is 11.4 Å². The molecule has 0 unspecified atom stereocenters. The number of carbonyl (C=O) groups excluding carboxylic acids is 1. The van der Waals surface area contributed by atoms with Gasteiger partial charge in [0.2, 0.25) is 0 Å². The number of hydrogen-bond acceptors (Lipinski definition) is 3. The summed E-state index contributed by atoms with van der Waals surface area (Å²) >= 11 is 4.29. The summed E-state index contributed by atoms with van der Waals surface area (Å²) in [5, 5.41) is 12.3. The van der Waals surface area contributed by atoms with Crippen LogP contribution >= 0.6 is 45.2 Å². The number of rotatable bonds is 6. The van der Waals surface area contributed by atoms with Crippen molar-refractivity contribution in [3.8, 4) is 11.8 Å². The lowest BCUT2D eigenvalue weighted by Crippen LogP contribution is -2.14. The summed E-state index contributed by atoms with van der Waals surface area (Å²) in [6, 6.07) is 17.6. The van der Waals surface area contributed by atoms with Crippen LogP contribution in [0.2, 0.25) is 0 Å². The normalized spacial score (nSPS) is 11.1. The number of nitrogens with one attached hydrogen (secondary N) is 1. The van der Waals surface area contributed by atoms with Crippen molar-refractivity contribution in [3.63, 3.8) is 0 Å². The monoisotopic (exact) mass is 652 g/mol. The van der Waals surface area contributed by atoms with Gasteiger partial charge in [0.05, 0.1) is 7.14 Å². The molecule has 0 atom stereocenters. The molecule has 32 heavy (non-hydrogen) atoms. The number of ether oxygens (including phenoxy) is 1. The predicted molar refractivity (Wildman–Crippen MR) is 141 cm³/mol. The molecule has 0 aliphatic carbocycles. The van der Waals surface area contributed by atoms with E-state index in [0.717, 1.165) is 23.8 Å². The maximum Gasteiger partial charge on any atom is 0.266 e. The first kappa shape index (κ1) is 24.2. The van der Waals surface area contributed by atoms with Crippen molar-refractivity contribution in [2.45, 2.75) is 20.5 Å². The number of aryl methyl sites for hydroxylation is 2. The first-order chi connectivity index (χ1) is 15.3. The summed E-state index contributed by atoms with van der Waals surface area (Å²) in [7, 11) is 0. The SMILES string of the molecule is Cc1ccc(NC(=O)/C(C#N)=C/c2cc(I)c(OCc3cccc(F)c3)c(I)c2)c(C)c1. The number of nitriles is 1. The summed E-state index contributed by atoms with van der Waals surface area (Å²) in [4.78, 5) is 12.6. The lowest BCUT2D eigenvalue weighted by atomic mass is 10.1. The highest BCUT2D eigenvalue weighted by molar-refractivity contribution is 14.1. The fourth-order valence-corrected chi connectivity index (χ4v) is 5.17. The summed E-state index contributed by atoms with van der Waals surface area (Å²) < 4.78 is 20.9. The quantitative estimate of drug-likeness (QED) is 0.182. The van der Waals surface area contributed by atoms with Crippen LogP contribution in [0.4, 0.5) is 10.1 Å². The molecule has 0 saturated heterocycles. The molecule has 0 heterocycles. The Morgan fingerprint density at radius 2 is 1.84 bits per heavy atom. The van der Waals surface area contributed by atoms with Gasteiger partial charge in [-0.05, 0) is 112 Å². The highest BCUT2D eigenvalue weighted by Crippen LogP contribution is 2.30. The van der Waals surface area contributed by atoms with Crippen molar-refractivity contribution < 1.29 is 13.9 Å². The van der Waals surface area contributed by atoms with Crippen LogP contribution in [0.15, 0.2) is 60.2 Å². The molecule has 162 valence electrons. The minimum atomic E-state index is -0.462. The molecular weight excluding hydrogens is 633 g/mol. The second-order valence-corrected chi connectivity index (χ2v) is 9.50. The summed E-state index contributed by atoms with van der Waals surface area (Å²) in [6.45, 7) is 4.13. The van der Waals surface area contributed by atoms with Gasteiger partial charge >= 0.3 is 0 Å². The second kappa shape index (κ2) is 10.9. The van der Waals surface area contributed by atoms with Crippen molar-refractivity contribution in [3.05, 3.63) is 95.4 Å². The van der Waals surface area contributed by atoms with E-state index in [1.165, 1.54) is 12.1 Å². The van der Waals surface area contributed by atoms with Crippen molar-refractivity contribution >= 4 is 62.9 Å². The average molecular weight is 652 g/mol. The highest BCUT2D eigenvalue weighted by Gasteiger charge is 2.13. The molecule has 0 saturated carbocycles. The van der Waals surface area contributed by atoms with E-state index in [1.807, 2.05) is 50.2 Å². The lowest BCUT2D eigenvalue weighted by molar-refractivity contribution is -0.112. The molecule has 0 aliphatic rings. The highest BCUT2D eigenvalue weighted by atomic mass is 127. The Morgan fingerprint density at radius 1 is 1.12 bits per heavy atom. The molecule has 7 heteroatoms. The first-order valence-corrected chi connectivity index (χ1v) is 11.8. The number of halogens is 3. The molecule has 1 N–H and O–H groups in total. The fraction of sp³-hybridized carbons (Fsp3) is 0.120. The van der Waals surface area contributed by atoms with Crippen LogP contribution < -0.4 is 10.1 Å². The zero-order chi connectivity index (χ0) is 23.3.